The molecule has 0 saturated carbocycles. The van der Waals surface area contributed by atoms with E-state index >= 15 is 0 Å². The number of halogens is 1. The van der Waals surface area contributed by atoms with E-state index in [2.05, 4.69) is 4.74 Å². The normalized spacial score (nSPS) is 12.0. The number of hydrogen-bond acceptors (Lipinski definition) is 4. The summed E-state index contributed by atoms with van der Waals surface area (Å²) in [5, 5.41) is 17.9. The molecule has 0 saturated heterocycles. The van der Waals surface area contributed by atoms with Crippen LogP contribution in [0.15, 0.2) is 12.1 Å². The molecule has 1 rings (SSSR count). The summed E-state index contributed by atoms with van der Waals surface area (Å²) in [6, 6.07) is 1.98. The van der Waals surface area contributed by atoms with E-state index in [1.54, 1.807) is 0 Å². The predicted octanol–water partition coefficient (Wildman–Crippen LogP) is 1.04. The lowest BCUT2D eigenvalue weighted by Crippen LogP contribution is -2.13. The Kier molecular flexibility index (Phi) is 3.80. The van der Waals surface area contributed by atoms with Gasteiger partial charge in [0.05, 0.1) is 12.7 Å². The van der Waals surface area contributed by atoms with E-state index in [1.807, 2.05) is 0 Å². The Morgan fingerprint density at radius 1 is 1.41 bits per heavy atom. The number of carboxylic acid groups (broad SMARTS) is 1. The Morgan fingerprint density at radius 2 is 2.00 bits per heavy atom. The summed E-state index contributed by atoms with van der Waals surface area (Å²) < 4.78 is 17.9. The number of aliphatic hydroxyl groups excluding tert-OH is 1. The molecule has 1 aromatic rings. The van der Waals surface area contributed by atoms with Gasteiger partial charge in [0.1, 0.15) is 5.82 Å². The Morgan fingerprint density at radius 3 is 2.47 bits per heavy atom. The molecule has 17 heavy (non-hydrogen) atoms. The zero-order valence-corrected chi connectivity index (χ0v) is 9.23. The van der Waals surface area contributed by atoms with Gasteiger partial charge in [0, 0.05) is 0 Å². The second-order valence-electron chi connectivity index (χ2n) is 3.41. The van der Waals surface area contributed by atoms with Crippen LogP contribution in [0.2, 0.25) is 0 Å². The molecule has 0 aliphatic rings. The summed E-state index contributed by atoms with van der Waals surface area (Å²) in [6.07, 6.45) is -1.88. The van der Waals surface area contributed by atoms with Gasteiger partial charge in [0.15, 0.2) is 6.10 Å². The maximum atomic E-state index is 13.4. The molecule has 0 aliphatic heterocycles. The highest BCUT2D eigenvalue weighted by atomic mass is 19.1. The summed E-state index contributed by atoms with van der Waals surface area (Å²) in [6.45, 7) is 1.36. The molecule has 1 unspecified atom stereocenters. The number of ether oxygens (including phenoxy) is 1. The molecule has 2 N–H and O–H groups in total. The van der Waals surface area contributed by atoms with Crippen molar-refractivity contribution in [1.82, 2.24) is 0 Å². The van der Waals surface area contributed by atoms with Crippen LogP contribution in [0.1, 0.15) is 27.6 Å². The molecule has 1 atom stereocenters. The predicted molar refractivity (Wildman–Crippen MR) is 55.1 cm³/mol. The van der Waals surface area contributed by atoms with Gasteiger partial charge in [-0.25, -0.2) is 14.0 Å². The first-order chi connectivity index (χ1) is 7.88. The molecule has 6 heteroatoms. The van der Waals surface area contributed by atoms with Gasteiger partial charge in [0.2, 0.25) is 0 Å². The molecule has 0 fully saturated rings. The van der Waals surface area contributed by atoms with Crippen molar-refractivity contribution in [2.45, 2.75) is 13.0 Å². The smallest absolute Gasteiger partial charge is 0.338 e. The molecule has 0 spiro atoms. The average Bonchev–Trinajstić information content (AvgIpc) is 2.30. The summed E-state index contributed by atoms with van der Waals surface area (Å²) >= 11 is 0. The maximum absolute atomic E-state index is 13.4. The third kappa shape index (κ3) is 2.59. The Bertz CT molecular complexity index is 469. The molecule has 0 radical (unpaired) electrons. The van der Waals surface area contributed by atoms with Gasteiger partial charge in [0.25, 0.3) is 0 Å². The molecule has 92 valence electrons. The monoisotopic (exact) mass is 242 g/mol. The van der Waals surface area contributed by atoms with E-state index < -0.39 is 23.9 Å². The minimum atomic E-state index is -1.88. The van der Waals surface area contributed by atoms with Gasteiger partial charge >= 0.3 is 11.9 Å². The highest BCUT2D eigenvalue weighted by Crippen LogP contribution is 2.21. The summed E-state index contributed by atoms with van der Waals surface area (Å²) in [4.78, 5) is 21.9. The van der Waals surface area contributed by atoms with E-state index in [0.29, 0.717) is 0 Å². The molecule has 1 aromatic carbocycles. The third-order valence-corrected chi connectivity index (χ3v) is 2.32. The number of carboxylic acids is 1. The number of aliphatic hydroxyl groups is 1. The molecule has 0 amide bonds. The van der Waals surface area contributed by atoms with E-state index in [9.17, 15) is 19.1 Å². The van der Waals surface area contributed by atoms with Crippen molar-refractivity contribution < 1.29 is 28.9 Å². The Hall–Kier alpha value is -1.95. The van der Waals surface area contributed by atoms with E-state index in [1.165, 1.54) is 6.92 Å². The molecule has 0 aliphatic carbocycles. The van der Waals surface area contributed by atoms with Crippen LogP contribution in [-0.2, 0) is 9.53 Å². The molecular weight excluding hydrogens is 231 g/mol. The number of methoxy groups -OCH3 is 1. The fourth-order valence-electron chi connectivity index (χ4n) is 1.32. The topological polar surface area (TPSA) is 83.8 Å². The first-order valence-corrected chi connectivity index (χ1v) is 4.67. The number of esters is 1. The van der Waals surface area contributed by atoms with Crippen LogP contribution in [0, 0.1) is 12.7 Å². The largest absolute Gasteiger partial charge is 0.479 e. The van der Waals surface area contributed by atoms with Crippen LogP contribution in [0.3, 0.4) is 0 Å². The van der Waals surface area contributed by atoms with Crippen LogP contribution < -0.4 is 0 Å². The first kappa shape index (κ1) is 13.1. The van der Waals surface area contributed by atoms with E-state index in [0.717, 1.165) is 19.2 Å². The molecular formula is C11H11FO5. The van der Waals surface area contributed by atoms with Crippen molar-refractivity contribution in [2.75, 3.05) is 7.11 Å². The summed E-state index contributed by atoms with van der Waals surface area (Å²) in [5.74, 6) is -3.09. The summed E-state index contributed by atoms with van der Waals surface area (Å²) in [5.41, 5.74) is -0.276. The lowest BCUT2D eigenvalue weighted by atomic mass is 10.0. The minimum Gasteiger partial charge on any atom is -0.479 e. The highest BCUT2D eigenvalue weighted by molar-refractivity contribution is 5.91. The lowest BCUT2D eigenvalue weighted by molar-refractivity contribution is -0.146. The van der Waals surface area contributed by atoms with Crippen molar-refractivity contribution in [3.63, 3.8) is 0 Å². The minimum absolute atomic E-state index is 0.0400. The van der Waals surface area contributed by atoms with Crippen LogP contribution >= 0.6 is 0 Å². The number of benzene rings is 1. The van der Waals surface area contributed by atoms with Crippen LogP contribution in [-0.4, -0.2) is 29.3 Å². The highest BCUT2D eigenvalue weighted by Gasteiger charge is 2.21. The van der Waals surface area contributed by atoms with Crippen molar-refractivity contribution in [1.29, 1.82) is 0 Å². The molecule has 0 bridgehead atoms. The van der Waals surface area contributed by atoms with Crippen LogP contribution in [0.4, 0.5) is 4.39 Å². The number of carbonyl (C=O) groups is 2. The van der Waals surface area contributed by atoms with Crippen LogP contribution in [0.25, 0.3) is 0 Å². The van der Waals surface area contributed by atoms with Gasteiger partial charge < -0.3 is 14.9 Å². The third-order valence-electron chi connectivity index (χ3n) is 2.32. The number of rotatable bonds is 3. The van der Waals surface area contributed by atoms with Crippen LogP contribution in [0.5, 0.6) is 0 Å². The maximum Gasteiger partial charge on any atom is 0.338 e. The number of carbonyl (C=O) groups excluding carboxylic acids is 1. The first-order valence-electron chi connectivity index (χ1n) is 4.67. The zero-order valence-electron chi connectivity index (χ0n) is 9.23. The SMILES string of the molecule is COC(=O)c1cc(C(O)C(=O)O)cc(F)c1C. The molecule has 0 heterocycles. The molecule has 5 nitrogen and oxygen atoms in total. The fourth-order valence-corrected chi connectivity index (χ4v) is 1.32. The second-order valence-corrected chi connectivity index (χ2v) is 3.41. The van der Waals surface area contributed by atoms with Gasteiger partial charge in [-0.2, -0.15) is 0 Å². The van der Waals surface area contributed by atoms with Crippen molar-refractivity contribution in [3.8, 4) is 0 Å². The standard InChI is InChI=1S/C11H11FO5/c1-5-7(11(16)17-2)3-6(4-8(5)12)9(13)10(14)15/h3-4,9,13H,1-2H3,(H,14,15). The van der Waals surface area contributed by atoms with Crippen molar-refractivity contribution in [3.05, 3.63) is 34.6 Å². The molecule has 0 aromatic heterocycles. The van der Waals surface area contributed by atoms with Gasteiger partial charge in [-0.05, 0) is 30.2 Å². The quantitative estimate of drug-likeness (QED) is 0.773. The summed E-state index contributed by atoms with van der Waals surface area (Å²) in [7, 11) is 1.12. The second kappa shape index (κ2) is 4.92. The average molecular weight is 242 g/mol. The Labute approximate surface area is 96.4 Å². The lowest BCUT2D eigenvalue weighted by Gasteiger charge is -2.10. The van der Waals surface area contributed by atoms with Crippen molar-refractivity contribution >= 4 is 11.9 Å². The van der Waals surface area contributed by atoms with Crippen molar-refractivity contribution in [2.24, 2.45) is 0 Å². The van der Waals surface area contributed by atoms with Gasteiger partial charge in [-0.1, -0.05) is 0 Å². The fraction of sp³-hybridized carbons (Fsp3) is 0.273. The number of hydrogen-bond donors (Lipinski definition) is 2. The Balaban J connectivity index is 3.33. The number of aliphatic carboxylic acids is 1. The van der Waals surface area contributed by atoms with E-state index in [4.69, 9.17) is 5.11 Å². The van der Waals surface area contributed by atoms with Gasteiger partial charge in [-0.3, -0.25) is 0 Å². The zero-order chi connectivity index (χ0) is 13.2. The van der Waals surface area contributed by atoms with E-state index in [-0.39, 0.29) is 16.7 Å². The van der Waals surface area contributed by atoms with Gasteiger partial charge in [-0.15, -0.1) is 0 Å².